The largest absolute Gasteiger partial charge is 0.497 e. The van der Waals surface area contributed by atoms with Gasteiger partial charge < -0.3 is 20.3 Å². The third-order valence-electron chi connectivity index (χ3n) is 4.39. The highest BCUT2D eigenvalue weighted by Crippen LogP contribution is 2.18. The molecule has 1 heterocycles. The molecule has 0 aromatic heterocycles. The molecular formula is C19H22F2N4O. The summed E-state index contributed by atoms with van der Waals surface area (Å²) in [6.45, 7) is 3.28. The van der Waals surface area contributed by atoms with E-state index in [1.165, 1.54) is 31.4 Å². The number of anilines is 1. The van der Waals surface area contributed by atoms with Gasteiger partial charge in [-0.2, -0.15) is 0 Å². The summed E-state index contributed by atoms with van der Waals surface area (Å²) in [5.41, 5.74) is 7.79. The summed E-state index contributed by atoms with van der Waals surface area (Å²) in [6, 6.07) is 11.0. The minimum absolute atomic E-state index is 0.238. The summed E-state index contributed by atoms with van der Waals surface area (Å²) in [4.78, 5) is 8.55. The second-order valence-corrected chi connectivity index (χ2v) is 6.12. The maximum Gasteiger partial charge on any atom is 0.191 e. The van der Waals surface area contributed by atoms with Gasteiger partial charge in [-0.15, -0.1) is 0 Å². The molecule has 0 atom stereocenters. The Bertz CT molecular complexity index is 772. The van der Waals surface area contributed by atoms with Gasteiger partial charge >= 0.3 is 0 Å². The molecule has 1 fully saturated rings. The van der Waals surface area contributed by atoms with E-state index in [4.69, 9.17) is 10.5 Å². The predicted molar refractivity (Wildman–Crippen MR) is 98.5 cm³/mol. The first-order chi connectivity index (χ1) is 12.5. The summed E-state index contributed by atoms with van der Waals surface area (Å²) in [7, 11) is 1.50. The molecule has 1 aliphatic heterocycles. The van der Waals surface area contributed by atoms with Gasteiger partial charge in [-0.05, 0) is 42.0 Å². The van der Waals surface area contributed by atoms with Crippen molar-refractivity contribution in [3.8, 4) is 5.75 Å². The highest BCUT2D eigenvalue weighted by Gasteiger charge is 2.18. The number of ether oxygens (including phenoxy) is 1. The molecule has 2 aromatic carbocycles. The number of aliphatic imine (C=N–C) groups is 1. The molecule has 7 heteroatoms. The molecule has 3 rings (SSSR count). The van der Waals surface area contributed by atoms with Crippen molar-refractivity contribution < 1.29 is 13.5 Å². The SMILES string of the molecule is COc1cc(F)cc(CN=C(N)N2CCN(c3ccc(F)cc3)CC2)c1. The molecule has 0 aliphatic carbocycles. The third-order valence-corrected chi connectivity index (χ3v) is 4.39. The number of hydrogen-bond acceptors (Lipinski definition) is 3. The van der Waals surface area contributed by atoms with Crippen LogP contribution in [0.15, 0.2) is 47.5 Å². The Kier molecular flexibility index (Phi) is 5.55. The number of hydrogen-bond donors (Lipinski definition) is 1. The lowest BCUT2D eigenvalue weighted by Crippen LogP contribution is -2.51. The van der Waals surface area contributed by atoms with Gasteiger partial charge in [0.05, 0.1) is 13.7 Å². The van der Waals surface area contributed by atoms with E-state index in [9.17, 15) is 8.78 Å². The van der Waals surface area contributed by atoms with Crippen LogP contribution in [0.25, 0.3) is 0 Å². The molecule has 138 valence electrons. The minimum atomic E-state index is -0.360. The Morgan fingerprint density at radius 3 is 2.38 bits per heavy atom. The molecule has 0 saturated carbocycles. The van der Waals surface area contributed by atoms with Crippen molar-refractivity contribution in [1.82, 2.24) is 4.90 Å². The van der Waals surface area contributed by atoms with Gasteiger partial charge in [-0.1, -0.05) is 0 Å². The molecule has 1 aliphatic rings. The van der Waals surface area contributed by atoms with Gasteiger partial charge in [0.15, 0.2) is 5.96 Å². The number of nitrogens with two attached hydrogens (primary N) is 1. The van der Waals surface area contributed by atoms with Crippen LogP contribution in [0.3, 0.4) is 0 Å². The van der Waals surface area contributed by atoms with Crippen molar-refractivity contribution in [1.29, 1.82) is 0 Å². The van der Waals surface area contributed by atoms with Crippen molar-refractivity contribution in [3.63, 3.8) is 0 Å². The zero-order chi connectivity index (χ0) is 18.5. The van der Waals surface area contributed by atoms with E-state index >= 15 is 0 Å². The van der Waals surface area contributed by atoms with Crippen LogP contribution in [-0.4, -0.2) is 44.1 Å². The Morgan fingerprint density at radius 1 is 1.04 bits per heavy atom. The average Bonchev–Trinajstić information content (AvgIpc) is 2.66. The summed E-state index contributed by atoms with van der Waals surface area (Å²) in [5, 5.41) is 0. The maximum atomic E-state index is 13.5. The van der Waals surface area contributed by atoms with Crippen LogP contribution in [0.1, 0.15) is 5.56 Å². The van der Waals surface area contributed by atoms with Crippen LogP contribution in [-0.2, 0) is 6.54 Å². The van der Waals surface area contributed by atoms with Crippen LogP contribution >= 0.6 is 0 Å². The maximum absolute atomic E-state index is 13.5. The fraction of sp³-hybridized carbons (Fsp3) is 0.316. The Hall–Kier alpha value is -2.83. The Morgan fingerprint density at radius 2 is 1.73 bits per heavy atom. The molecule has 0 amide bonds. The lowest BCUT2D eigenvalue weighted by atomic mass is 10.2. The number of nitrogens with zero attached hydrogens (tertiary/aromatic N) is 3. The second-order valence-electron chi connectivity index (χ2n) is 6.12. The highest BCUT2D eigenvalue weighted by atomic mass is 19.1. The zero-order valence-electron chi connectivity index (χ0n) is 14.7. The van der Waals surface area contributed by atoms with Gasteiger partial charge in [-0.25, -0.2) is 13.8 Å². The van der Waals surface area contributed by atoms with E-state index in [-0.39, 0.29) is 18.2 Å². The van der Waals surface area contributed by atoms with Gasteiger partial charge in [0, 0.05) is 37.9 Å². The van der Waals surface area contributed by atoms with Gasteiger partial charge in [0.1, 0.15) is 17.4 Å². The summed E-state index contributed by atoms with van der Waals surface area (Å²) in [5.74, 6) is 0.299. The summed E-state index contributed by atoms with van der Waals surface area (Å²) < 4.78 is 31.6. The van der Waals surface area contributed by atoms with Crippen LogP contribution in [0, 0.1) is 11.6 Å². The van der Waals surface area contributed by atoms with Crippen LogP contribution in [0.4, 0.5) is 14.5 Å². The van der Waals surface area contributed by atoms with E-state index < -0.39 is 0 Å². The number of halogens is 2. The quantitative estimate of drug-likeness (QED) is 0.673. The zero-order valence-corrected chi connectivity index (χ0v) is 14.7. The molecule has 1 saturated heterocycles. The molecule has 5 nitrogen and oxygen atoms in total. The second kappa shape index (κ2) is 8.03. The first kappa shape index (κ1) is 18.0. The lowest BCUT2D eigenvalue weighted by Gasteiger charge is -2.36. The number of methoxy groups -OCH3 is 1. The smallest absolute Gasteiger partial charge is 0.191 e. The number of rotatable bonds is 4. The van der Waals surface area contributed by atoms with E-state index in [0.717, 1.165) is 31.9 Å². The third kappa shape index (κ3) is 4.41. The topological polar surface area (TPSA) is 54.1 Å². The molecule has 0 spiro atoms. The molecule has 0 bridgehead atoms. The van der Waals surface area contributed by atoms with Crippen molar-refractivity contribution in [3.05, 3.63) is 59.7 Å². The standard InChI is InChI=1S/C19H22F2N4O/c1-26-18-11-14(10-16(21)12-18)13-23-19(22)25-8-6-24(7-9-25)17-4-2-15(20)3-5-17/h2-5,10-12H,6-9,13H2,1H3,(H2,22,23). The van der Waals surface area contributed by atoms with Crippen molar-refractivity contribution >= 4 is 11.6 Å². The van der Waals surface area contributed by atoms with Gasteiger partial charge in [0.2, 0.25) is 0 Å². The monoisotopic (exact) mass is 360 g/mol. The first-order valence-electron chi connectivity index (χ1n) is 8.44. The van der Waals surface area contributed by atoms with Crippen molar-refractivity contribution in [2.45, 2.75) is 6.54 Å². The van der Waals surface area contributed by atoms with Gasteiger partial charge in [-0.3, -0.25) is 0 Å². The lowest BCUT2D eigenvalue weighted by molar-refractivity contribution is 0.380. The Balaban J connectivity index is 1.57. The van der Waals surface area contributed by atoms with Gasteiger partial charge in [0.25, 0.3) is 0 Å². The van der Waals surface area contributed by atoms with E-state index in [0.29, 0.717) is 17.3 Å². The minimum Gasteiger partial charge on any atom is -0.497 e. The fourth-order valence-electron chi connectivity index (χ4n) is 2.95. The van der Waals surface area contributed by atoms with E-state index in [1.54, 1.807) is 18.2 Å². The predicted octanol–water partition coefficient (Wildman–Crippen LogP) is 2.61. The molecule has 26 heavy (non-hydrogen) atoms. The first-order valence-corrected chi connectivity index (χ1v) is 8.44. The van der Waals surface area contributed by atoms with Crippen LogP contribution < -0.4 is 15.4 Å². The molecular weight excluding hydrogens is 338 g/mol. The van der Waals surface area contributed by atoms with E-state index in [1.807, 2.05) is 4.90 Å². The molecule has 2 aromatic rings. The molecule has 2 N–H and O–H groups in total. The number of benzene rings is 2. The summed E-state index contributed by atoms with van der Waals surface area (Å²) in [6.07, 6.45) is 0. The van der Waals surface area contributed by atoms with Crippen molar-refractivity contribution in [2.24, 2.45) is 10.7 Å². The number of guanidine groups is 1. The van der Waals surface area contributed by atoms with Crippen LogP contribution in [0.2, 0.25) is 0 Å². The van der Waals surface area contributed by atoms with E-state index in [2.05, 4.69) is 9.89 Å². The fourth-order valence-corrected chi connectivity index (χ4v) is 2.95. The highest BCUT2D eigenvalue weighted by molar-refractivity contribution is 5.78. The Labute approximate surface area is 151 Å². The number of piperazine rings is 1. The van der Waals surface area contributed by atoms with Crippen LogP contribution in [0.5, 0.6) is 5.75 Å². The normalized spacial score (nSPS) is 15.3. The molecule has 0 unspecified atom stereocenters. The van der Waals surface area contributed by atoms with Crippen molar-refractivity contribution in [2.75, 3.05) is 38.2 Å². The molecule has 0 radical (unpaired) electrons. The average molecular weight is 360 g/mol. The summed E-state index contributed by atoms with van der Waals surface area (Å²) >= 11 is 0.